The van der Waals surface area contributed by atoms with Gasteiger partial charge in [0.1, 0.15) is 0 Å². The average molecular weight is 261 g/mol. The largest absolute Gasteiger partial charge is 0.328 e. The Bertz CT molecular complexity index is 326. The van der Waals surface area contributed by atoms with E-state index in [0.717, 1.165) is 35.0 Å². The van der Waals surface area contributed by atoms with E-state index in [1.54, 1.807) is 44.9 Å². The third kappa shape index (κ3) is 1.99. The fraction of sp³-hybridized carbons (Fsp3) is 1.00. The zero-order valence-electron chi connectivity index (χ0n) is 12.6. The monoisotopic (exact) mass is 261 g/mol. The molecule has 0 aromatic rings. The Balaban J connectivity index is 1.56. The zero-order valence-corrected chi connectivity index (χ0v) is 12.6. The van der Waals surface area contributed by atoms with Crippen LogP contribution in [-0.4, -0.2) is 6.04 Å². The fourth-order valence-electron chi connectivity index (χ4n) is 7.04. The smallest absolute Gasteiger partial charge is 0.00133 e. The van der Waals surface area contributed by atoms with Crippen LogP contribution in [0.5, 0.6) is 0 Å². The first-order valence-electron chi connectivity index (χ1n) is 8.92. The van der Waals surface area contributed by atoms with Gasteiger partial charge in [-0.05, 0) is 93.3 Å². The summed E-state index contributed by atoms with van der Waals surface area (Å²) >= 11 is 0. The minimum absolute atomic E-state index is 0.421. The molecule has 0 saturated heterocycles. The van der Waals surface area contributed by atoms with Crippen LogP contribution in [0.3, 0.4) is 0 Å². The zero-order chi connectivity index (χ0) is 13.0. The third-order valence-electron chi connectivity index (χ3n) is 7.38. The Morgan fingerprint density at radius 2 is 1.68 bits per heavy atom. The molecular weight excluding hydrogens is 230 g/mol. The number of hydrogen-bond donors (Lipinski definition) is 1. The van der Waals surface area contributed by atoms with Crippen molar-refractivity contribution in [3.63, 3.8) is 0 Å². The standard InChI is InChI=1S/C18H31N/c1-12(19)6-17-14-7-13-8-15(17)11-18(9-13,10-14)16-4-2-3-5-16/h12-17H,2-11,19H2,1H3. The van der Waals surface area contributed by atoms with Crippen molar-refractivity contribution < 1.29 is 0 Å². The first kappa shape index (κ1) is 12.7. The van der Waals surface area contributed by atoms with Crippen molar-refractivity contribution in [3.8, 4) is 0 Å². The highest BCUT2D eigenvalue weighted by Crippen LogP contribution is 2.67. The minimum atomic E-state index is 0.421. The summed E-state index contributed by atoms with van der Waals surface area (Å²) in [6, 6.07) is 0.421. The highest BCUT2D eigenvalue weighted by atomic mass is 14.7. The van der Waals surface area contributed by atoms with Gasteiger partial charge in [-0.2, -0.15) is 0 Å². The van der Waals surface area contributed by atoms with Crippen LogP contribution in [0, 0.1) is 35.0 Å². The molecule has 1 heteroatoms. The average Bonchev–Trinajstić information content (AvgIpc) is 2.87. The Kier molecular flexibility index (Phi) is 2.99. The van der Waals surface area contributed by atoms with Crippen LogP contribution in [0.25, 0.3) is 0 Å². The second-order valence-corrected chi connectivity index (χ2v) is 8.69. The Labute approximate surface area is 118 Å². The first-order chi connectivity index (χ1) is 9.16. The quantitative estimate of drug-likeness (QED) is 0.802. The van der Waals surface area contributed by atoms with Gasteiger partial charge in [-0.3, -0.25) is 0 Å². The maximum atomic E-state index is 6.13. The minimum Gasteiger partial charge on any atom is -0.328 e. The number of hydrogen-bond acceptors (Lipinski definition) is 1. The van der Waals surface area contributed by atoms with Crippen molar-refractivity contribution in [1.82, 2.24) is 0 Å². The summed E-state index contributed by atoms with van der Waals surface area (Å²) < 4.78 is 0. The molecule has 5 saturated carbocycles. The van der Waals surface area contributed by atoms with Crippen LogP contribution in [-0.2, 0) is 0 Å². The third-order valence-corrected chi connectivity index (χ3v) is 7.38. The summed E-state index contributed by atoms with van der Waals surface area (Å²) in [6.45, 7) is 2.22. The van der Waals surface area contributed by atoms with Gasteiger partial charge in [-0.15, -0.1) is 0 Å². The molecule has 1 nitrogen and oxygen atoms in total. The van der Waals surface area contributed by atoms with E-state index in [1.165, 1.54) is 19.3 Å². The number of nitrogens with two attached hydrogens (primary N) is 1. The summed E-state index contributed by atoms with van der Waals surface area (Å²) in [5.74, 6) is 5.31. The van der Waals surface area contributed by atoms with E-state index >= 15 is 0 Å². The molecule has 3 atom stereocenters. The van der Waals surface area contributed by atoms with Gasteiger partial charge in [0.15, 0.2) is 0 Å². The predicted octanol–water partition coefficient (Wildman–Crippen LogP) is 4.36. The molecule has 108 valence electrons. The van der Waals surface area contributed by atoms with Crippen molar-refractivity contribution in [2.24, 2.45) is 40.7 Å². The molecule has 0 aromatic heterocycles. The summed E-state index contributed by atoms with van der Waals surface area (Å²) in [4.78, 5) is 0. The Hall–Kier alpha value is -0.0400. The molecule has 3 unspecified atom stereocenters. The lowest BCUT2D eigenvalue weighted by molar-refractivity contribution is -0.124. The molecule has 4 bridgehead atoms. The normalized spacial score (nSPS) is 50.8. The van der Waals surface area contributed by atoms with Crippen LogP contribution in [0.2, 0.25) is 0 Å². The van der Waals surface area contributed by atoms with E-state index in [4.69, 9.17) is 5.73 Å². The molecule has 0 amide bonds. The van der Waals surface area contributed by atoms with Gasteiger partial charge in [-0.1, -0.05) is 12.8 Å². The van der Waals surface area contributed by atoms with Crippen molar-refractivity contribution in [2.45, 2.75) is 77.2 Å². The summed E-state index contributed by atoms with van der Waals surface area (Å²) in [6.07, 6.45) is 15.4. The molecule has 5 aliphatic rings. The molecule has 0 heterocycles. The van der Waals surface area contributed by atoms with Crippen molar-refractivity contribution in [1.29, 1.82) is 0 Å². The molecule has 0 aromatic carbocycles. The number of rotatable bonds is 3. The molecule has 5 aliphatic carbocycles. The molecule has 5 rings (SSSR count). The second-order valence-electron chi connectivity index (χ2n) is 8.69. The highest BCUT2D eigenvalue weighted by molar-refractivity contribution is 5.07. The van der Waals surface area contributed by atoms with Crippen molar-refractivity contribution in [3.05, 3.63) is 0 Å². The van der Waals surface area contributed by atoms with Crippen molar-refractivity contribution in [2.75, 3.05) is 0 Å². The molecule has 0 spiro atoms. The molecule has 5 fully saturated rings. The van der Waals surface area contributed by atoms with E-state index in [2.05, 4.69) is 6.92 Å². The van der Waals surface area contributed by atoms with Gasteiger partial charge in [0, 0.05) is 6.04 Å². The fourth-order valence-corrected chi connectivity index (χ4v) is 7.04. The summed E-state index contributed by atoms with van der Waals surface area (Å²) in [7, 11) is 0. The van der Waals surface area contributed by atoms with Crippen molar-refractivity contribution >= 4 is 0 Å². The molecule has 19 heavy (non-hydrogen) atoms. The summed E-state index contributed by atoms with van der Waals surface area (Å²) in [5, 5.41) is 0. The maximum Gasteiger partial charge on any atom is 0.00133 e. The van der Waals surface area contributed by atoms with Gasteiger partial charge in [0.05, 0.1) is 0 Å². The van der Waals surface area contributed by atoms with E-state index < -0.39 is 0 Å². The van der Waals surface area contributed by atoms with E-state index in [9.17, 15) is 0 Å². The maximum absolute atomic E-state index is 6.13. The summed E-state index contributed by atoms with van der Waals surface area (Å²) in [5.41, 5.74) is 6.93. The van der Waals surface area contributed by atoms with Gasteiger partial charge in [0.25, 0.3) is 0 Å². The molecular formula is C18H31N. The van der Waals surface area contributed by atoms with Gasteiger partial charge >= 0.3 is 0 Å². The topological polar surface area (TPSA) is 26.0 Å². The molecule has 2 N–H and O–H groups in total. The lowest BCUT2D eigenvalue weighted by Crippen LogP contribution is -2.54. The molecule has 0 aliphatic heterocycles. The highest BCUT2D eigenvalue weighted by Gasteiger charge is 2.57. The van der Waals surface area contributed by atoms with E-state index in [0.29, 0.717) is 6.04 Å². The van der Waals surface area contributed by atoms with E-state index in [1.807, 2.05) is 0 Å². The van der Waals surface area contributed by atoms with Crippen LogP contribution in [0.4, 0.5) is 0 Å². The Morgan fingerprint density at radius 1 is 1.05 bits per heavy atom. The van der Waals surface area contributed by atoms with Crippen LogP contribution in [0.1, 0.15) is 71.1 Å². The molecule has 0 radical (unpaired) electrons. The lowest BCUT2D eigenvalue weighted by Gasteiger charge is -2.62. The lowest BCUT2D eigenvalue weighted by atomic mass is 9.43. The second kappa shape index (κ2) is 4.48. The van der Waals surface area contributed by atoms with Crippen LogP contribution < -0.4 is 5.73 Å². The van der Waals surface area contributed by atoms with Gasteiger partial charge in [0.2, 0.25) is 0 Å². The predicted molar refractivity (Wildman–Crippen MR) is 79.7 cm³/mol. The first-order valence-corrected chi connectivity index (χ1v) is 8.92. The van der Waals surface area contributed by atoms with Crippen LogP contribution in [0.15, 0.2) is 0 Å². The van der Waals surface area contributed by atoms with Crippen LogP contribution >= 0.6 is 0 Å². The Morgan fingerprint density at radius 3 is 2.26 bits per heavy atom. The van der Waals surface area contributed by atoms with E-state index in [-0.39, 0.29) is 0 Å². The van der Waals surface area contributed by atoms with Gasteiger partial charge < -0.3 is 5.73 Å². The SMILES string of the molecule is CC(N)CC1C2CC3CC1CC(C1CCCC1)(C3)C2. The van der Waals surface area contributed by atoms with Gasteiger partial charge in [-0.25, -0.2) is 0 Å².